The summed E-state index contributed by atoms with van der Waals surface area (Å²) in [5, 5.41) is 0. The molecule has 402 valence electrons. The summed E-state index contributed by atoms with van der Waals surface area (Å²) in [5.41, 5.74) is 14.1. The lowest BCUT2D eigenvalue weighted by Crippen LogP contribution is -2.15. The van der Waals surface area contributed by atoms with E-state index in [1.807, 2.05) is 48.5 Å². The van der Waals surface area contributed by atoms with Gasteiger partial charge in [0.15, 0.2) is 0 Å². The molecule has 4 fully saturated rings. The molecular weight excluding hydrogens is 991 g/mol. The quantitative estimate of drug-likeness (QED) is 0.0822. The van der Waals surface area contributed by atoms with Crippen LogP contribution in [0, 0.1) is 55.4 Å². The minimum atomic E-state index is -2.18. The molecule has 10 rings (SSSR count). The van der Waals surface area contributed by atoms with Crippen molar-refractivity contribution < 1.29 is 46.1 Å². The van der Waals surface area contributed by atoms with Gasteiger partial charge < -0.3 is 46.1 Å². The van der Waals surface area contributed by atoms with Crippen molar-refractivity contribution in [1.82, 2.24) is 0 Å². The summed E-state index contributed by atoms with van der Waals surface area (Å²) in [5.74, 6) is 4.00. The molecule has 10 nitrogen and oxygen atoms in total. The second-order valence-corrected chi connectivity index (χ2v) is 23.2. The van der Waals surface area contributed by atoms with Gasteiger partial charge in [-0.15, -0.1) is 0 Å². The molecule has 12 heteroatoms. The van der Waals surface area contributed by atoms with Gasteiger partial charge in [-0.25, -0.2) is 0 Å². The molecule has 4 saturated heterocycles. The van der Waals surface area contributed by atoms with Crippen molar-refractivity contribution >= 4 is 17.2 Å². The molecule has 6 unspecified atom stereocenters. The molecule has 0 saturated carbocycles. The Balaban J connectivity index is 1.09. The maximum absolute atomic E-state index is 7.47. The van der Waals surface area contributed by atoms with Gasteiger partial charge in [0.2, 0.25) is 0 Å². The van der Waals surface area contributed by atoms with Crippen LogP contribution in [-0.2, 0) is 18.9 Å². The van der Waals surface area contributed by atoms with Crippen molar-refractivity contribution in [3.8, 4) is 45.6 Å². The molecule has 0 N–H and O–H groups in total. The van der Waals surface area contributed by atoms with Gasteiger partial charge in [-0.1, -0.05) is 71.8 Å². The Morgan fingerprint density at radius 3 is 1.01 bits per heavy atom. The molecule has 0 radical (unpaired) electrons. The Morgan fingerprint density at radius 2 is 0.671 bits per heavy atom. The highest BCUT2D eigenvalue weighted by atomic mass is 31.2. The maximum atomic E-state index is 7.47. The number of benzene rings is 6. The Bertz CT molecular complexity index is 2750. The third kappa shape index (κ3) is 12.5. The van der Waals surface area contributed by atoms with Crippen LogP contribution in [0.1, 0.15) is 168 Å². The summed E-state index contributed by atoms with van der Waals surface area (Å²) >= 11 is 0. The molecule has 76 heavy (non-hydrogen) atoms. The second kappa shape index (κ2) is 25.1. The van der Waals surface area contributed by atoms with Gasteiger partial charge in [-0.3, -0.25) is 0 Å². The molecule has 0 bridgehead atoms. The lowest BCUT2D eigenvalue weighted by molar-refractivity contribution is 0.0135. The van der Waals surface area contributed by atoms with Crippen molar-refractivity contribution in [2.75, 3.05) is 26.4 Å². The maximum Gasteiger partial charge on any atom is 0.530 e. The van der Waals surface area contributed by atoms with E-state index in [2.05, 4.69) is 104 Å². The van der Waals surface area contributed by atoms with Crippen LogP contribution >= 0.6 is 17.2 Å². The number of rotatable bonds is 17. The first kappa shape index (κ1) is 54.2. The molecule has 4 heterocycles. The molecule has 4 aliphatic heterocycles. The number of hydrogen-bond donors (Lipinski definition) is 0. The first-order valence-electron chi connectivity index (χ1n) is 27.7. The predicted molar refractivity (Wildman–Crippen MR) is 303 cm³/mol. The van der Waals surface area contributed by atoms with Gasteiger partial charge in [0.1, 0.15) is 34.5 Å². The Morgan fingerprint density at radius 1 is 0.342 bits per heavy atom. The van der Waals surface area contributed by atoms with E-state index in [1.54, 1.807) is 0 Å². The Hall–Kier alpha value is -5.18. The van der Waals surface area contributed by atoms with E-state index >= 15 is 0 Å². The van der Waals surface area contributed by atoms with E-state index < -0.39 is 17.2 Å². The van der Waals surface area contributed by atoms with E-state index in [0.717, 1.165) is 155 Å². The van der Waals surface area contributed by atoms with Crippen molar-refractivity contribution in [1.29, 1.82) is 0 Å². The fraction of sp³-hybridized carbons (Fsp3) is 0.438. The summed E-state index contributed by atoms with van der Waals surface area (Å²) in [7, 11) is -4.36. The fourth-order valence-corrected chi connectivity index (χ4v) is 13.4. The fourth-order valence-electron chi connectivity index (χ4n) is 11.1. The van der Waals surface area contributed by atoms with Gasteiger partial charge in [0.25, 0.3) is 0 Å². The number of aryl methyl sites for hydroxylation is 6. The molecule has 0 aromatic heterocycles. The van der Waals surface area contributed by atoms with Gasteiger partial charge in [0.05, 0.1) is 24.4 Å². The average Bonchev–Trinajstić information content (AvgIpc) is 3.47. The van der Waals surface area contributed by atoms with Crippen molar-refractivity contribution in [2.45, 2.75) is 157 Å². The summed E-state index contributed by atoms with van der Waals surface area (Å²) in [4.78, 5) is 0. The summed E-state index contributed by atoms with van der Waals surface area (Å²) in [6.45, 7) is 19.8. The van der Waals surface area contributed by atoms with Gasteiger partial charge in [-0.05, 0) is 202 Å². The first-order valence-corrected chi connectivity index (χ1v) is 29.9. The van der Waals surface area contributed by atoms with Crippen LogP contribution in [0.25, 0.3) is 11.1 Å². The van der Waals surface area contributed by atoms with E-state index in [-0.39, 0.29) is 24.4 Å². The molecule has 0 amide bonds. The second-order valence-electron chi connectivity index (χ2n) is 21.3. The molecule has 4 aliphatic rings. The minimum Gasteiger partial charge on any atom is -0.408 e. The van der Waals surface area contributed by atoms with Crippen molar-refractivity contribution in [2.24, 2.45) is 0 Å². The van der Waals surface area contributed by atoms with Crippen LogP contribution in [0.5, 0.6) is 34.5 Å². The van der Waals surface area contributed by atoms with E-state index in [4.69, 9.17) is 46.1 Å². The topological polar surface area (TPSA) is 92.3 Å². The smallest absolute Gasteiger partial charge is 0.408 e. The number of para-hydroxylation sites is 2. The highest BCUT2D eigenvalue weighted by Gasteiger charge is 2.35. The molecular formula is C64H76O10P2. The highest BCUT2D eigenvalue weighted by molar-refractivity contribution is 7.43. The zero-order valence-corrected chi connectivity index (χ0v) is 47.6. The highest BCUT2D eigenvalue weighted by Crippen LogP contribution is 2.56. The lowest BCUT2D eigenvalue weighted by Gasteiger charge is -2.30. The van der Waals surface area contributed by atoms with Crippen molar-refractivity contribution in [3.63, 3.8) is 0 Å². The van der Waals surface area contributed by atoms with Crippen molar-refractivity contribution in [3.05, 3.63) is 164 Å². The van der Waals surface area contributed by atoms with Crippen LogP contribution in [-0.4, -0.2) is 26.4 Å². The monoisotopic (exact) mass is 1070 g/mol. The lowest BCUT2D eigenvalue weighted by atomic mass is 9.88. The third-order valence-corrected chi connectivity index (χ3v) is 17.6. The molecule has 0 aliphatic carbocycles. The van der Waals surface area contributed by atoms with Crippen LogP contribution in [0.3, 0.4) is 0 Å². The van der Waals surface area contributed by atoms with Gasteiger partial charge >= 0.3 is 17.2 Å². The third-order valence-electron chi connectivity index (χ3n) is 15.5. The minimum absolute atomic E-state index is 0.101. The average molecular weight is 1070 g/mol. The van der Waals surface area contributed by atoms with Gasteiger partial charge in [-0.2, -0.15) is 0 Å². The van der Waals surface area contributed by atoms with E-state index in [1.165, 1.54) is 0 Å². The molecule has 6 aromatic rings. The van der Waals surface area contributed by atoms with Crippen LogP contribution in [0.2, 0.25) is 0 Å². The Kier molecular flexibility index (Phi) is 17.9. The zero-order chi connectivity index (χ0) is 52.7. The first-order chi connectivity index (χ1) is 37.0. The SMILES string of the molecule is Cc1ccc(OP(Oc2ccccc2C2CCCCO2)Oc2c(C)c(C)cc(C)c2-c2c(C)cc(C)c(C)c2OP(Oc2ccccc2C2CCCCO2)Oc2ccc(C)cc2C2CCCCO2)c(C2CCCCO2)c1. The van der Waals surface area contributed by atoms with Crippen LogP contribution in [0.15, 0.2) is 97.1 Å². The van der Waals surface area contributed by atoms with E-state index in [9.17, 15) is 0 Å². The summed E-state index contributed by atoms with van der Waals surface area (Å²) in [6.07, 6.45) is 11.7. The van der Waals surface area contributed by atoms with E-state index in [0.29, 0.717) is 60.9 Å². The largest absolute Gasteiger partial charge is 0.530 e. The van der Waals surface area contributed by atoms with Gasteiger partial charge in [0, 0.05) is 59.8 Å². The summed E-state index contributed by atoms with van der Waals surface area (Å²) < 4.78 is 69.2. The molecule has 6 atom stereocenters. The normalized spacial score (nSPS) is 20.8. The van der Waals surface area contributed by atoms with Crippen LogP contribution < -0.4 is 27.1 Å². The number of hydrogen-bond acceptors (Lipinski definition) is 10. The number of ether oxygens (including phenoxy) is 4. The predicted octanol–water partition coefficient (Wildman–Crippen LogP) is 18.3. The Labute approximate surface area is 454 Å². The standard InChI is InChI=1S/C64H76O10P2/c1-41-29-31-59(51(37-41)55-25-15-19-35-67-55)71-75(69-57-27-11-9-21-49(57)53-23-13-17-33-65-53)73-63-47(7)43(3)39-45(5)61(63)62-46(6)40-44(4)48(8)64(62)74-76(70-58-28-12-10-22-50(58)54-24-14-18-34-66-54)72-60-32-30-42(2)38-52(60)56-26-16-20-36-68-56/h9-12,21-22,27-32,37-40,53-56H,13-20,23-26,33-36H2,1-8H3. The summed E-state index contributed by atoms with van der Waals surface area (Å²) in [6, 6.07) is 33.4. The zero-order valence-electron chi connectivity index (χ0n) is 45.8. The molecule has 6 aromatic carbocycles. The molecule has 0 spiro atoms. The van der Waals surface area contributed by atoms with Crippen LogP contribution in [0.4, 0.5) is 0 Å².